The fraction of sp³-hybridized carbons (Fsp3) is 0.417. The second kappa shape index (κ2) is 5.48. The average molecular weight is 247 g/mol. The number of ether oxygens (including phenoxy) is 1. The summed E-state index contributed by atoms with van der Waals surface area (Å²) in [6, 6.07) is 7.81. The molecule has 1 heterocycles. The third-order valence-electron chi connectivity index (χ3n) is 2.23. The van der Waals surface area contributed by atoms with Crippen molar-refractivity contribution in [2.24, 2.45) is 7.05 Å². The van der Waals surface area contributed by atoms with E-state index in [9.17, 15) is 0 Å². The van der Waals surface area contributed by atoms with E-state index in [0.717, 1.165) is 11.4 Å². The number of aryl methyl sites for hydroxylation is 1. The van der Waals surface area contributed by atoms with Gasteiger partial charge in [-0.15, -0.1) is 10.2 Å². The second-order valence-electron chi connectivity index (χ2n) is 4.24. The highest BCUT2D eigenvalue weighted by molar-refractivity contribution is 5.46. The highest BCUT2D eigenvalue weighted by Crippen LogP contribution is 2.17. The maximum absolute atomic E-state index is 5.57. The molecule has 6 heteroatoms. The van der Waals surface area contributed by atoms with Crippen LogP contribution in [-0.4, -0.2) is 26.3 Å². The van der Waals surface area contributed by atoms with Gasteiger partial charge >= 0.3 is 0 Å². The maximum atomic E-state index is 5.57. The molecule has 0 unspecified atom stereocenters. The van der Waals surface area contributed by atoms with E-state index in [0.29, 0.717) is 12.4 Å². The van der Waals surface area contributed by atoms with Gasteiger partial charge in [0.15, 0.2) is 5.82 Å². The molecule has 18 heavy (non-hydrogen) atoms. The molecular weight excluding hydrogens is 230 g/mol. The first-order valence-corrected chi connectivity index (χ1v) is 5.87. The summed E-state index contributed by atoms with van der Waals surface area (Å²) in [7, 11) is 1.74. The smallest absolute Gasteiger partial charge is 0.193 e. The molecule has 0 bridgehead atoms. The van der Waals surface area contributed by atoms with Crippen LogP contribution < -0.4 is 10.1 Å². The molecule has 0 aliphatic carbocycles. The Morgan fingerprint density at radius 2 is 2.00 bits per heavy atom. The van der Waals surface area contributed by atoms with E-state index < -0.39 is 0 Å². The Bertz CT molecular complexity index is 491. The summed E-state index contributed by atoms with van der Waals surface area (Å²) in [5.74, 6) is 1.54. The molecule has 2 rings (SSSR count). The normalized spacial score (nSPS) is 10.7. The summed E-state index contributed by atoms with van der Waals surface area (Å²) in [6.07, 6.45) is 0.188. The highest BCUT2D eigenvalue weighted by atomic mass is 16.5. The molecule has 0 aliphatic rings. The SMILES string of the molecule is CC(C)Oc1ccc(NCc2nnn(C)n2)cc1. The van der Waals surface area contributed by atoms with Gasteiger partial charge in [-0.1, -0.05) is 0 Å². The molecule has 2 aromatic rings. The zero-order chi connectivity index (χ0) is 13.0. The minimum absolute atomic E-state index is 0.188. The van der Waals surface area contributed by atoms with Crippen molar-refractivity contribution in [1.82, 2.24) is 20.2 Å². The van der Waals surface area contributed by atoms with Crippen LogP contribution >= 0.6 is 0 Å². The molecule has 0 saturated heterocycles. The minimum atomic E-state index is 0.188. The van der Waals surface area contributed by atoms with Crippen molar-refractivity contribution >= 4 is 5.69 Å². The first kappa shape index (κ1) is 12.3. The van der Waals surface area contributed by atoms with Gasteiger partial charge in [0.2, 0.25) is 0 Å². The van der Waals surface area contributed by atoms with E-state index in [1.54, 1.807) is 7.05 Å². The molecule has 0 amide bonds. The van der Waals surface area contributed by atoms with E-state index in [1.165, 1.54) is 4.80 Å². The number of anilines is 1. The minimum Gasteiger partial charge on any atom is -0.491 e. The Kier molecular flexibility index (Phi) is 3.76. The monoisotopic (exact) mass is 247 g/mol. The number of nitrogens with zero attached hydrogens (tertiary/aromatic N) is 4. The van der Waals surface area contributed by atoms with Crippen molar-refractivity contribution < 1.29 is 4.74 Å². The lowest BCUT2D eigenvalue weighted by Gasteiger charge is -2.10. The predicted octanol–water partition coefficient (Wildman–Crippen LogP) is 1.61. The molecule has 1 aromatic carbocycles. The van der Waals surface area contributed by atoms with Crippen molar-refractivity contribution in [3.63, 3.8) is 0 Å². The number of hydrogen-bond donors (Lipinski definition) is 1. The van der Waals surface area contributed by atoms with E-state index in [4.69, 9.17) is 4.74 Å². The molecule has 0 aliphatic heterocycles. The molecule has 1 N–H and O–H groups in total. The summed E-state index contributed by atoms with van der Waals surface area (Å²) in [5, 5.41) is 15.0. The van der Waals surface area contributed by atoms with Crippen molar-refractivity contribution in [1.29, 1.82) is 0 Å². The Morgan fingerprint density at radius 3 is 2.56 bits per heavy atom. The van der Waals surface area contributed by atoms with Crippen LogP contribution in [0, 0.1) is 0 Å². The molecule has 0 atom stereocenters. The molecule has 1 aromatic heterocycles. The maximum Gasteiger partial charge on any atom is 0.193 e. The molecule has 0 spiro atoms. The van der Waals surface area contributed by atoms with Gasteiger partial charge in [0.25, 0.3) is 0 Å². The third-order valence-corrected chi connectivity index (χ3v) is 2.23. The van der Waals surface area contributed by atoms with E-state index in [2.05, 4.69) is 20.7 Å². The fourth-order valence-electron chi connectivity index (χ4n) is 1.50. The van der Waals surface area contributed by atoms with Crippen molar-refractivity contribution in [2.75, 3.05) is 5.32 Å². The van der Waals surface area contributed by atoms with Gasteiger partial charge in [-0.2, -0.15) is 4.80 Å². The average Bonchev–Trinajstić information content (AvgIpc) is 2.74. The Morgan fingerprint density at radius 1 is 1.28 bits per heavy atom. The number of nitrogens with one attached hydrogen (secondary N) is 1. The van der Waals surface area contributed by atoms with Crippen LogP contribution in [-0.2, 0) is 13.6 Å². The Hall–Kier alpha value is -2.11. The van der Waals surface area contributed by atoms with Gasteiger partial charge < -0.3 is 10.1 Å². The molecule has 0 radical (unpaired) electrons. The highest BCUT2D eigenvalue weighted by Gasteiger charge is 2.01. The van der Waals surface area contributed by atoms with Crippen LogP contribution in [0.4, 0.5) is 5.69 Å². The largest absolute Gasteiger partial charge is 0.491 e. The number of hydrogen-bond acceptors (Lipinski definition) is 5. The zero-order valence-electron chi connectivity index (χ0n) is 10.8. The number of aromatic nitrogens is 4. The molecule has 6 nitrogen and oxygen atoms in total. The van der Waals surface area contributed by atoms with Gasteiger partial charge in [-0.05, 0) is 43.3 Å². The lowest BCUT2D eigenvalue weighted by molar-refractivity contribution is 0.242. The van der Waals surface area contributed by atoms with Crippen molar-refractivity contribution in [3.8, 4) is 5.75 Å². The van der Waals surface area contributed by atoms with Crippen LogP contribution in [0.2, 0.25) is 0 Å². The number of benzene rings is 1. The fourth-order valence-corrected chi connectivity index (χ4v) is 1.50. The quantitative estimate of drug-likeness (QED) is 0.869. The zero-order valence-corrected chi connectivity index (χ0v) is 10.8. The van der Waals surface area contributed by atoms with E-state index >= 15 is 0 Å². The molecular formula is C12H17N5O. The standard InChI is InChI=1S/C12H17N5O/c1-9(2)18-11-6-4-10(5-7-11)13-8-12-14-16-17(3)15-12/h4-7,9,13H,8H2,1-3H3. The van der Waals surface area contributed by atoms with Crippen LogP contribution in [0.25, 0.3) is 0 Å². The van der Waals surface area contributed by atoms with Crippen LogP contribution in [0.5, 0.6) is 5.75 Å². The van der Waals surface area contributed by atoms with Crippen LogP contribution in [0.1, 0.15) is 19.7 Å². The topological polar surface area (TPSA) is 64.9 Å². The van der Waals surface area contributed by atoms with Gasteiger partial charge in [0.05, 0.1) is 19.7 Å². The van der Waals surface area contributed by atoms with E-state index in [1.807, 2.05) is 38.1 Å². The summed E-state index contributed by atoms with van der Waals surface area (Å²) in [6.45, 7) is 4.57. The van der Waals surface area contributed by atoms with Gasteiger partial charge in [0.1, 0.15) is 5.75 Å². The first-order valence-electron chi connectivity index (χ1n) is 5.87. The molecule has 0 fully saturated rings. The van der Waals surface area contributed by atoms with Gasteiger partial charge in [0, 0.05) is 5.69 Å². The van der Waals surface area contributed by atoms with Crippen LogP contribution in [0.15, 0.2) is 24.3 Å². The Balaban J connectivity index is 1.90. The van der Waals surface area contributed by atoms with Gasteiger partial charge in [-0.3, -0.25) is 0 Å². The Labute approximate surface area is 106 Å². The van der Waals surface area contributed by atoms with Crippen molar-refractivity contribution in [2.45, 2.75) is 26.5 Å². The van der Waals surface area contributed by atoms with Gasteiger partial charge in [-0.25, -0.2) is 0 Å². The predicted molar refractivity (Wildman–Crippen MR) is 68.3 cm³/mol. The number of tetrazole rings is 1. The second-order valence-corrected chi connectivity index (χ2v) is 4.24. The summed E-state index contributed by atoms with van der Waals surface area (Å²) in [5.41, 5.74) is 0.999. The number of rotatable bonds is 5. The summed E-state index contributed by atoms with van der Waals surface area (Å²) in [4.78, 5) is 1.44. The molecule has 0 saturated carbocycles. The summed E-state index contributed by atoms with van der Waals surface area (Å²) >= 11 is 0. The molecule has 96 valence electrons. The first-order chi connectivity index (χ1) is 8.63. The lowest BCUT2D eigenvalue weighted by atomic mass is 10.3. The van der Waals surface area contributed by atoms with E-state index in [-0.39, 0.29) is 6.10 Å². The lowest BCUT2D eigenvalue weighted by Crippen LogP contribution is -2.06. The summed E-state index contributed by atoms with van der Waals surface area (Å²) < 4.78 is 5.57. The van der Waals surface area contributed by atoms with Crippen LogP contribution in [0.3, 0.4) is 0 Å². The third kappa shape index (κ3) is 3.44. The van der Waals surface area contributed by atoms with Crippen molar-refractivity contribution in [3.05, 3.63) is 30.1 Å².